The van der Waals surface area contributed by atoms with Crippen LogP contribution in [-0.2, 0) is 0 Å². The number of fused-ring (bicyclic) bond motifs is 1. The van der Waals surface area contributed by atoms with Gasteiger partial charge in [-0.3, -0.25) is 4.98 Å². The summed E-state index contributed by atoms with van der Waals surface area (Å²) in [6.07, 6.45) is 5.08. The Morgan fingerprint density at radius 1 is 1.15 bits per heavy atom. The first-order chi connectivity index (χ1) is 9.74. The van der Waals surface area contributed by atoms with Crippen molar-refractivity contribution < 1.29 is 0 Å². The molecule has 0 atom stereocenters. The molecule has 20 heavy (non-hydrogen) atoms. The Balaban J connectivity index is 2.11. The zero-order chi connectivity index (χ0) is 13.9. The molecule has 7 heteroatoms. The van der Waals surface area contributed by atoms with E-state index in [1.54, 1.807) is 23.2 Å². The van der Waals surface area contributed by atoms with E-state index in [1.807, 2.05) is 43.3 Å². The topological polar surface area (TPSA) is 71.6 Å². The van der Waals surface area contributed by atoms with Gasteiger partial charge in [-0.05, 0) is 18.2 Å². The molecule has 0 N–H and O–H groups in total. The van der Waals surface area contributed by atoms with Crippen LogP contribution in [0.1, 0.15) is 0 Å². The van der Waals surface area contributed by atoms with Gasteiger partial charge in [0.2, 0.25) is 0 Å². The highest BCUT2D eigenvalue weighted by Gasteiger charge is 2.09. The molecule has 0 saturated heterocycles. The first kappa shape index (κ1) is 12.2. The van der Waals surface area contributed by atoms with Crippen LogP contribution in [0.5, 0.6) is 0 Å². The highest BCUT2D eigenvalue weighted by molar-refractivity contribution is 5.60. The molecule has 0 spiro atoms. The van der Waals surface area contributed by atoms with Gasteiger partial charge in [0.05, 0.1) is 17.7 Å². The van der Waals surface area contributed by atoms with Gasteiger partial charge in [0, 0.05) is 26.5 Å². The van der Waals surface area contributed by atoms with E-state index in [-0.39, 0.29) is 0 Å². The molecule has 3 aromatic heterocycles. The molecule has 0 aliphatic carbocycles. The van der Waals surface area contributed by atoms with E-state index in [2.05, 4.69) is 25.0 Å². The monoisotopic (exact) mass is 267 g/mol. The summed E-state index contributed by atoms with van der Waals surface area (Å²) in [6.45, 7) is 0. The molecule has 100 valence electrons. The quantitative estimate of drug-likeness (QED) is 0.530. The number of nitrogens with zero attached hydrogens (tertiary/aromatic N) is 7. The van der Waals surface area contributed by atoms with Crippen LogP contribution < -0.4 is 0 Å². The van der Waals surface area contributed by atoms with Gasteiger partial charge in [-0.2, -0.15) is 9.50 Å². The molecule has 0 radical (unpaired) electrons. The van der Waals surface area contributed by atoms with Crippen molar-refractivity contribution in [3.05, 3.63) is 36.7 Å². The van der Waals surface area contributed by atoms with Crippen molar-refractivity contribution in [1.29, 1.82) is 0 Å². The zero-order valence-electron chi connectivity index (χ0n) is 11.2. The standard InChI is InChI=1S/C13H13N7/c1-19(2)9-16-12-17-13-15-8-6-11(20(13)18-12)10-5-3-4-7-14-10/h3-9H,1-2H3. The first-order valence-corrected chi connectivity index (χ1v) is 6.08. The average molecular weight is 267 g/mol. The van der Waals surface area contributed by atoms with E-state index in [0.717, 1.165) is 11.4 Å². The minimum absolute atomic E-state index is 0.370. The SMILES string of the molecule is CN(C)C=Nc1nc2nccc(-c3ccccn3)n2n1. The molecule has 0 amide bonds. The van der Waals surface area contributed by atoms with Crippen molar-refractivity contribution in [3.63, 3.8) is 0 Å². The lowest BCUT2D eigenvalue weighted by atomic mass is 10.2. The molecule has 7 nitrogen and oxygen atoms in total. The second-order valence-electron chi connectivity index (χ2n) is 4.38. The Hall–Kier alpha value is -2.83. The van der Waals surface area contributed by atoms with Gasteiger partial charge < -0.3 is 4.90 Å². The number of hydrogen-bond acceptors (Lipinski definition) is 5. The fourth-order valence-corrected chi connectivity index (χ4v) is 1.71. The van der Waals surface area contributed by atoms with Crippen LogP contribution in [0.3, 0.4) is 0 Å². The lowest BCUT2D eigenvalue weighted by molar-refractivity contribution is 0.642. The molecule has 0 saturated carbocycles. The average Bonchev–Trinajstić information content (AvgIpc) is 2.89. The van der Waals surface area contributed by atoms with Crippen LogP contribution in [0.25, 0.3) is 17.2 Å². The maximum atomic E-state index is 4.34. The Morgan fingerprint density at radius 2 is 2.05 bits per heavy atom. The third-order valence-corrected chi connectivity index (χ3v) is 2.56. The van der Waals surface area contributed by atoms with Crippen LogP contribution in [0.4, 0.5) is 5.95 Å². The van der Waals surface area contributed by atoms with Gasteiger partial charge in [-0.25, -0.2) is 9.98 Å². The number of rotatable bonds is 3. The third-order valence-electron chi connectivity index (χ3n) is 2.56. The van der Waals surface area contributed by atoms with Gasteiger partial charge in [-0.15, -0.1) is 5.10 Å². The molecule has 0 unspecified atom stereocenters. The molecule has 0 aliphatic heterocycles. The lowest BCUT2D eigenvalue weighted by Gasteiger charge is -2.01. The summed E-state index contributed by atoms with van der Waals surface area (Å²) in [7, 11) is 3.77. The zero-order valence-corrected chi connectivity index (χ0v) is 11.2. The third kappa shape index (κ3) is 2.33. The summed E-state index contributed by atoms with van der Waals surface area (Å²) < 4.78 is 1.64. The van der Waals surface area contributed by atoms with Crippen molar-refractivity contribution in [2.45, 2.75) is 0 Å². The van der Waals surface area contributed by atoms with Crippen molar-refractivity contribution in [1.82, 2.24) is 29.5 Å². The summed E-state index contributed by atoms with van der Waals surface area (Å²) in [6, 6.07) is 7.56. The summed E-state index contributed by atoms with van der Waals surface area (Å²) in [4.78, 5) is 18.8. The molecular formula is C13H13N7. The molecule has 0 aromatic carbocycles. The van der Waals surface area contributed by atoms with Crippen LogP contribution >= 0.6 is 0 Å². The Labute approximate surface area is 115 Å². The highest BCUT2D eigenvalue weighted by atomic mass is 15.4. The van der Waals surface area contributed by atoms with Crippen LogP contribution in [0.15, 0.2) is 41.7 Å². The smallest absolute Gasteiger partial charge is 0.272 e. The fourth-order valence-electron chi connectivity index (χ4n) is 1.71. The van der Waals surface area contributed by atoms with Gasteiger partial charge in [0.25, 0.3) is 11.7 Å². The van der Waals surface area contributed by atoms with Crippen molar-refractivity contribution in [2.75, 3.05) is 14.1 Å². The van der Waals surface area contributed by atoms with E-state index in [4.69, 9.17) is 0 Å². The Kier molecular flexibility index (Phi) is 3.08. The Morgan fingerprint density at radius 3 is 2.80 bits per heavy atom. The summed E-state index contributed by atoms with van der Waals surface area (Å²) in [5.41, 5.74) is 1.64. The largest absolute Gasteiger partial charge is 0.369 e. The maximum Gasteiger partial charge on any atom is 0.272 e. The lowest BCUT2D eigenvalue weighted by Crippen LogP contribution is -2.07. The number of hydrogen-bond donors (Lipinski definition) is 0. The summed E-state index contributed by atoms with van der Waals surface area (Å²) in [5, 5.41) is 4.34. The minimum Gasteiger partial charge on any atom is -0.369 e. The van der Waals surface area contributed by atoms with E-state index < -0.39 is 0 Å². The van der Waals surface area contributed by atoms with E-state index in [9.17, 15) is 0 Å². The van der Waals surface area contributed by atoms with Gasteiger partial charge in [0.15, 0.2) is 0 Å². The van der Waals surface area contributed by atoms with E-state index in [0.29, 0.717) is 11.7 Å². The number of aliphatic imine (C=N–C) groups is 1. The predicted octanol–water partition coefficient (Wildman–Crippen LogP) is 1.41. The second-order valence-corrected chi connectivity index (χ2v) is 4.38. The molecule has 0 bridgehead atoms. The summed E-state index contributed by atoms with van der Waals surface area (Å²) >= 11 is 0. The van der Waals surface area contributed by atoms with E-state index in [1.165, 1.54) is 0 Å². The molecule has 3 aromatic rings. The first-order valence-electron chi connectivity index (χ1n) is 6.08. The van der Waals surface area contributed by atoms with Crippen molar-refractivity contribution in [3.8, 4) is 11.4 Å². The highest BCUT2D eigenvalue weighted by Crippen LogP contribution is 2.17. The molecule has 3 rings (SSSR count). The van der Waals surface area contributed by atoms with Crippen LogP contribution in [-0.4, -0.2) is 49.9 Å². The van der Waals surface area contributed by atoms with Crippen molar-refractivity contribution >= 4 is 18.1 Å². The summed E-state index contributed by atoms with van der Waals surface area (Å²) in [5.74, 6) is 0.869. The predicted molar refractivity (Wildman–Crippen MR) is 75.9 cm³/mol. The maximum absolute atomic E-state index is 4.34. The van der Waals surface area contributed by atoms with Gasteiger partial charge in [0.1, 0.15) is 0 Å². The van der Waals surface area contributed by atoms with Crippen LogP contribution in [0, 0.1) is 0 Å². The number of aromatic nitrogens is 5. The fraction of sp³-hybridized carbons (Fsp3) is 0.154. The second kappa shape index (κ2) is 5.04. The van der Waals surface area contributed by atoms with E-state index >= 15 is 0 Å². The molecule has 0 aliphatic rings. The molecule has 3 heterocycles. The molecular weight excluding hydrogens is 254 g/mol. The Bertz CT molecular complexity index is 746. The number of pyridine rings is 1. The molecule has 0 fully saturated rings. The van der Waals surface area contributed by atoms with Crippen LogP contribution in [0.2, 0.25) is 0 Å². The normalized spacial score (nSPS) is 11.3. The van der Waals surface area contributed by atoms with Gasteiger partial charge in [-0.1, -0.05) is 6.07 Å². The van der Waals surface area contributed by atoms with Crippen molar-refractivity contribution in [2.24, 2.45) is 4.99 Å². The van der Waals surface area contributed by atoms with Gasteiger partial charge >= 0.3 is 0 Å². The minimum atomic E-state index is 0.370.